The van der Waals surface area contributed by atoms with Crippen LogP contribution >= 0.6 is 15.9 Å². The predicted molar refractivity (Wildman–Crippen MR) is 73.9 cm³/mol. The van der Waals surface area contributed by atoms with Crippen LogP contribution in [0.25, 0.3) is 0 Å². The summed E-state index contributed by atoms with van der Waals surface area (Å²) in [5.74, 6) is -0.398. The molecule has 0 heterocycles. The number of carbonyl (C=O) groups is 1. The Labute approximate surface area is 115 Å². The number of halogens is 1. The van der Waals surface area contributed by atoms with E-state index in [-0.39, 0.29) is 0 Å². The number of carboxylic acid groups (broad SMARTS) is 1. The average Bonchev–Trinajstić information content (AvgIpc) is 2.33. The molecule has 1 rings (SSSR count). The first kappa shape index (κ1) is 15.0. The lowest BCUT2D eigenvalue weighted by molar-refractivity contribution is -0.144. The minimum absolute atomic E-state index is 0.571. The monoisotopic (exact) mass is 315 g/mol. The Balaban J connectivity index is 2.70. The van der Waals surface area contributed by atoms with Gasteiger partial charge in [-0.3, -0.25) is 0 Å². The first-order valence-corrected chi connectivity index (χ1v) is 6.72. The molecule has 5 heteroatoms. The third-order valence-corrected chi connectivity index (χ3v) is 3.19. The van der Waals surface area contributed by atoms with Crippen LogP contribution in [0.2, 0.25) is 0 Å². The van der Waals surface area contributed by atoms with Crippen molar-refractivity contribution in [3.63, 3.8) is 0 Å². The maximum absolute atomic E-state index is 10.7. The Morgan fingerprint density at radius 2 is 2.28 bits per heavy atom. The van der Waals surface area contributed by atoms with E-state index in [9.17, 15) is 4.79 Å². The van der Waals surface area contributed by atoms with Gasteiger partial charge >= 0.3 is 5.97 Å². The summed E-state index contributed by atoms with van der Waals surface area (Å²) in [6, 6.07) is 5.48. The second kappa shape index (κ2) is 7.38. The molecule has 1 unspecified atom stereocenters. The molecule has 18 heavy (non-hydrogen) atoms. The highest BCUT2D eigenvalue weighted by atomic mass is 79.9. The van der Waals surface area contributed by atoms with Gasteiger partial charge < -0.3 is 15.2 Å². The number of hydrogen-bond acceptors (Lipinski definition) is 3. The van der Waals surface area contributed by atoms with Gasteiger partial charge in [0.1, 0.15) is 5.75 Å². The molecular weight excluding hydrogens is 298 g/mol. The van der Waals surface area contributed by atoms with Crippen LogP contribution in [-0.2, 0) is 11.3 Å². The van der Waals surface area contributed by atoms with Crippen molar-refractivity contribution >= 4 is 21.9 Å². The molecule has 0 aliphatic carbocycles. The quantitative estimate of drug-likeness (QED) is 0.760. The maximum Gasteiger partial charge on any atom is 0.344 e. The van der Waals surface area contributed by atoms with E-state index in [0.29, 0.717) is 5.75 Å². The van der Waals surface area contributed by atoms with Gasteiger partial charge in [-0.1, -0.05) is 22.9 Å². The van der Waals surface area contributed by atoms with E-state index in [2.05, 4.69) is 28.2 Å². The largest absolute Gasteiger partial charge is 0.479 e. The zero-order valence-electron chi connectivity index (χ0n) is 10.6. The first-order valence-electron chi connectivity index (χ1n) is 5.93. The number of rotatable bonds is 7. The van der Waals surface area contributed by atoms with Gasteiger partial charge in [-0.25, -0.2) is 4.79 Å². The van der Waals surface area contributed by atoms with Gasteiger partial charge in [0.25, 0.3) is 0 Å². The lowest BCUT2D eigenvalue weighted by Gasteiger charge is -2.13. The Hall–Kier alpha value is -1.07. The molecule has 4 nitrogen and oxygen atoms in total. The molecule has 1 atom stereocenters. The van der Waals surface area contributed by atoms with Crippen LogP contribution < -0.4 is 10.1 Å². The summed E-state index contributed by atoms with van der Waals surface area (Å²) >= 11 is 3.47. The van der Waals surface area contributed by atoms with Crippen molar-refractivity contribution < 1.29 is 14.6 Å². The SMILES string of the molecule is CCCNCc1cc(OC(C)C(=O)O)ccc1Br. The summed E-state index contributed by atoms with van der Waals surface area (Å²) in [6.07, 6.45) is 0.228. The molecule has 1 aromatic carbocycles. The second-order valence-electron chi connectivity index (χ2n) is 4.03. The number of aliphatic carboxylic acids is 1. The fourth-order valence-corrected chi connectivity index (χ4v) is 1.80. The van der Waals surface area contributed by atoms with Crippen molar-refractivity contribution in [3.05, 3.63) is 28.2 Å². The molecule has 0 aliphatic rings. The highest BCUT2D eigenvalue weighted by molar-refractivity contribution is 9.10. The van der Waals surface area contributed by atoms with Crippen LogP contribution in [0.3, 0.4) is 0 Å². The van der Waals surface area contributed by atoms with Crippen molar-refractivity contribution in [2.75, 3.05) is 6.54 Å². The minimum atomic E-state index is -0.969. The number of carboxylic acids is 1. The number of hydrogen-bond donors (Lipinski definition) is 2. The molecule has 0 saturated carbocycles. The Kier molecular flexibility index (Phi) is 6.15. The molecule has 2 N–H and O–H groups in total. The van der Waals surface area contributed by atoms with E-state index >= 15 is 0 Å². The van der Waals surface area contributed by atoms with E-state index in [1.807, 2.05) is 12.1 Å². The molecule has 0 radical (unpaired) electrons. The molecule has 0 amide bonds. The fourth-order valence-electron chi connectivity index (χ4n) is 1.41. The van der Waals surface area contributed by atoms with Crippen molar-refractivity contribution in [3.8, 4) is 5.75 Å². The van der Waals surface area contributed by atoms with E-state index in [1.54, 1.807) is 6.07 Å². The van der Waals surface area contributed by atoms with Gasteiger partial charge in [0.05, 0.1) is 0 Å². The van der Waals surface area contributed by atoms with Crippen molar-refractivity contribution in [2.24, 2.45) is 0 Å². The van der Waals surface area contributed by atoms with Crippen molar-refractivity contribution in [1.29, 1.82) is 0 Å². The lowest BCUT2D eigenvalue weighted by Crippen LogP contribution is -2.23. The zero-order chi connectivity index (χ0) is 13.5. The molecule has 1 aromatic rings. The number of benzene rings is 1. The molecule has 0 aromatic heterocycles. The lowest BCUT2D eigenvalue weighted by atomic mass is 10.2. The third kappa shape index (κ3) is 4.66. The summed E-state index contributed by atoms with van der Waals surface area (Å²) in [7, 11) is 0. The van der Waals surface area contributed by atoms with Crippen LogP contribution in [0.1, 0.15) is 25.8 Å². The first-order chi connectivity index (χ1) is 8.54. The third-order valence-electron chi connectivity index (χ3n) is 2.42. The molecular formula is C13H18BrNO3. The molecule has 0 saturated heterocycles. The molecule has 0 bridgehead atoms. The highest BCUT2D eigenvalue weighted by Gasteiger charge is 2.13. The molecule has 0 fully saturated rings. The van der Waals surface area contributed by atoms with Gasteiger partial charge in [-0.15, -0.1) is 0 Å². The summed E-state index contributed by atoms with van der Waals surface area (Å²) in [6.45, 7) is 5.30. The Morgan fingerprint density at radius 3 is 2.89 bits per heavy atom. The minimum Gasteiger partial charge on any atom is -0.479 e. The van der Waals surface area contributed by atoms with E-state index in [4.69, 9.17) is 9.84 Å². The van der Waals surface area contributed by atoms with Crippen molar-refractivity contribution in [1.82, 2.24) is 5.32 Å². The topological polar surface area (TPSA) is 58.6 Å². The smallest absolute Gasteiger partial charge is 0.344 e. The van der Waals surface area contributed by atoms with Gasteiger partial charge in [0.2, 0.25) is 0 Å². The summed E-state index contributed by atoms with van der Waals surface area (Å²) in [4.78, 5) is 10.7. The van der Waals surface area contributed by atoms with Crippen LogP contribution in [0, 0.1) is 0 Å². The normalized spacial score (nSPS) is 12.2. The maximum atomic E-state index is 10.7. The van der Waals surface area contributed by atoms with Gasteiger partial charge in [0.15, 0.2) is 6.10 Å². The zero-order valence-corrected chi connectivity index (χ0v) is 12.2. The van der Waals surface area contributed by atoms with Gasteiger partial charge in [0, 0.05) is 11.0 Å². The number of ether oxygens (including phenoxy) is 1. The number of nitrogens with one attached hydrogen (secondary N) is 1. The van der Waals surface area contributed by atoms with Gasteiger partial charge in [-0.05, 0) is 43.7 Å². The van der Waals surface area contributed by atoms with Crippen molar-refractivity contribution in [2.45, 2.75) is 32.9 Å². The van der Waals surface area contributed by atoms with Crippen LogP contribution in [-0.4, -0.2) is 23.7 Å². The average molecular weight is 316 g/mol. The molecule has 100 valence electrons. The second-order valence-corrected chi connectivity index (χ2v) is 4.88. The summed E-state index contributed by atoms with van der Waals surface area (Å²) in [5.41, 5.74) is 1.05. The Bertz CT molecular complexity index is 409. The highest BCUT2D eigenvalue weighted by Crippen LogP contribution is 2.23. The van der Waals surface area contributed by atoms with Crippen LogP contribution in [0.15, 0.2) is 22.7 Å². The van der Waals surface area contributed by atoms with E-state index in [0.717, 1.165) is 29.5 Å². The van der Waals surface area contributed by atoms with E-state index in [1.165, 1.54) is 6.92 Å². The Morgan fingerprint density at radius 1 is 1.56 bits per heavy atom. The van der Waals surface area contributed by atoms with Crippen LogP contribution in [0.5, 0.6) is 5.75 Å². The van der Waals surface area contributed by atoms with Gasteiger partial charge in [-0.2, -0.15) is 0 Å². The van der Waals surface area contributed by atoms with E-state index < -0.39 is 12.1 Å². The predicted octanol–water partition coefficient (Wildman–Crippen LogP) is 2.80. The fraction of sp³-hybridized carbons (Fsp3) is 0.462. The van der Waals surface area contributed by atoms with Crippen LogP contribution in [0.4, 0.5) is 0 Å². The standard InChI is InChI=1S/C13H18BrNO3/c1-3-6-15-8-10-7-11(4-5-12(10)14)18-9(2)13(16)17/h4-5,7,9,15H,3,6,8H2,1-2H3,(H,16,17). The molecule has 0 aliphatic heterocycles. The molecule has 0 spiro atoms. The summed E-state index contributed by atoms with van der Waals surface area (Å²) in [5, 5.41) is 12.1. The summed E-state index contributed by atoms with van der Waals surface area (Å²) < 4.78 is 6.32.